The van der Waals surface area contributed by atoms with Gasteiger partial charge in [0.15, 0.2) is 5.78 Å². The molecule has 0 aliphatic carbocycles. The molecule has 3 aromatic rings. The van der Waals surface area contributed by atoms with Gasteiger partial charge in [0.05, 0.1) is 0 Å². The average Bonchev–Trinajstić information content (AvgIpc) is 2.55. The molecule has 2 heteroatoms. The lowest BCUT2D eigenvalue weighted by atomic mass is 9.97. The standard InChI is InChI=1S/C19H15ClO/c1-2-19(21)14-9-7-13(8-10-14)15-11-12-18(20)17-6-4-3-5-16(15)17/h3-12H,2H2,1H3. The maximum atomic E-state index is 11.7. The van der Waals surface area contributed by atoms with Gasteiger partial charge in [-0.3, -0.25) is 4.79 Å². The highest BCUT2D eigenvalue weighted by Gasteiger charge is 2.08. The van der Waals surface area contributed by atoms with Gasteiger partial charge in [0.25, 0.3) is 0 Å². The van der Waals surface area contributed by atoms with E-state index in [1.165, 1.54) is 0 Å². The Hall–Kier alpha value is -2.12. The molecule has 0 radical (unpaired) electrons. The van der Waals surface area contributed by atoms with Crippen LogP contribution >= 0.6 is 11.6 Å². The Morgan fingerprint density at radius 1 is 0.905 bits per heavy atom. The van der Waals surface area contributed by atoms with Gasteiger partial charge >= 0.3 is 0 Å². The molecule has 0 saturated carbocycles. The van der Waals surface area contributed by atoms with E-state index in [2.05, 4.69) is 6.07 Å². The van der Waals surface area contributed by atoms with Gasteiger partial charge in [0, 0.05) is 22.4 Å². The van der Waals surface area contributed by atoms with Gasteiger partial charge in [0.2, 0.25) is 0 Å². The number of hydrogen-bond donors (Lipinski definition) is 0. The number of rotatable bonds is 3. The molecule has 104 valence electrons. The summed E-state index contributed by atoms with van der Waals surface area (Å²) in [6.07, 6.45) is 0.531. The largest absolute Gasteiger partial charge is 0.294 e. The molecule has 21 heavy (non-hydrogen) atoms. The number of Topliss-reactive ketones (excluding diaryl/α,β-unsaturated/α-hetero) is 1. The van der Waals surface area contributed by atoms with Crippen molar-refractivity contribution >= 4 is 28.2 Å². The fourth-order valence-electron chi connectivity index (χ4n) is 2.55. The topological polar surface area (TPSA) is 17.1 Å². The molecule has 3 aromatic carbocycles. The fourth-order valence-corrected chi connectivity index (χ4v) is 2.78. The molecular weight excluding hydrogens is 280 g/mol. The highest BCUT2D eigenvalue weighted by molar-refractivity contribution is 6.36. The summed E-state index contributed by atoms with van der Waals surface area (Å²) in [6.45, 7) is 1.88. The Labute approximate surface area is 129 Å². The predicted molar refractivity (Wildman–Crippen MR) is 89.0 cm³/mol. The van der Waals surface area contributed by atoms with Crippen molar-refractivity contribution in [1.82, 2.24) is 0 Å². The zero-order valence-corrected chi connectivity index (χ0v) is 12.5. The van der Waals surface area contributed by atoms with E-state index in [-0.39, 0.29) is 5.78 Å². The van der Waals surface area contributed by atoms with E-state index in [1.54, 1.807) is 0 Å². The molecule has 0 saturated heterocycles. The lowest BCUT2D eigenvalue weighted by Crippen LogP contribution is -1.95. The van der Waals surface area contributed by atoms with Crippen LogP contribution in [0.5, 0.6) is 0 Å². The SMILES string of the molecule is CCC(=O)c1ccc(-c2ccc(Cl)c3ccccc23)cc1. The number of hydrogen-bond acceptors (Lipinski definition) is 1. The third kappa shape index (κ3) is 2.57. The Bertz CT molecular complexity index is 803. The van der Waals surface area contributed by atoms with Gasteiger partial charge in [-0.15, -0.1) is 0 Å². The summed E-state index contributed by atoms with van der Waals surface area (Å²) in [5.41, 5.74) is 2.99. The Morgan fingerprint density at radius 2 is 1.57 bits per heavy atom. The smallest absolute Gasteiger partial charge is 0.162 e. The van der Waals surface area contributed by atoms with Gasteiger partial charge < -0.3 is 0 Å². The van der Waals surface area contributed by atoms with Gasteiger partial charge in [-0.05, 0) is 22.6 Å². The number of halogens is 1. The molecule has 0 spiro atoms. The van der Waals surface area contributed by atoms with Crippen molar-refractivity contribution in [3.05, 3.63) is 71.2 Å². The number of benzene rings is 3. The van der Waals surface area contributed by atoms with E-state index in [1.807, 2.05) is 61.5 Å². The second kappa shape index (κ2) is 5.71. The first kappa shape index (κ1) is 13.8. The van der Waals surface area contributed by atoms with Crippen LogP contribution in [0.15, 0.2) is 60.7 Å². The quantitative estimate of drug-likeness (QED) is 0.562. The van der Waals surface area contributed by atoms with Crippen molar-refractivity contribution < 1.29 is 4.79 Å². The van der Waals surface area contributed by atoms with E-state index in [4.69, 9.17) is 11.6 Å². The van der Waals surface area contributed by atoms with Crippen molar-refractivity contribution in [2.45, 2.75) is 13.3 Å². The van der Waals surface area contributed by atoms with Crippen LogP contribution in [-0.2, 0) is 0 Å². The van der Waals surface area contributed by atoms with Gasteiger partial charge in [-0.2, -0.15) is 0 Å². The summed E-state index contributed by atoms with van der Waals surface area (Å²) in [5, 5.41) is 2.93. The first-order chi connectivity index (χ1) is 10.2. The molecule has 0 N–H and O–H groups in total. The highest BCUT2D eigenvalue weighted by atomic mass is 35.5. The minimum absolute atomic E-state index is 0.169. The normalized spacial score (nSPS) is 10.8. The molecule has 3 rings (SSSR count). The number of ketones is 1. The summed E-state index contributed by atoms with van der Waals surface area (Å²) in [5.74, 6) is 0.169. The van der Waals surface area contributed by atoms with E-state index in [0.29, 0.717) is 6.42 Å². The fraction of sp³-hybridized carbons (Fsp3) is 0.105. The minimum Gasteiger partial charge on any atom is -0.294 e. The molecule has 0 bridgehead atoms. The zero-order valence-electron chi connectivity index (χ0n) is 11.8. The predicted octanol–water partition coefficient (Wildman–Crippen LogP) is 5.75. The van der Waals surface area contributed by atoms with Crippen molar-refractivity contribution in [3.8, 4) is 11.1 Å². The molecule has 0 unspecified atom stereocenters. The minimum atomic E-state index is 0.169. The monoisotopic (exact) mass is 294 g/mol. The Balaban J connectivity index is 2.13. The van der Waals surface area contributed by atoms with Crippen LogP contribution < -0.4 is 0 Å². The average molecular weight is 295 g/mol. The molecule has 0 amide bonds. The summed E-state index contributed by atoms with van der Waals surface area (Å²) >= 11 is 6.26. The molecule has 0 heterocycles. The van der Waals surface area contributed by atoms with Crippen LogP contribution in [0.4, 0.5) is 0 Å². The van der Waals surface area contributed by atoms with Crippen molar-refractivity contribution in [2.75, 3.05) is 0 Å². The number of fused-ring (bicyclic) bond motifs is 1. The maximum absolute atomic E-state index is 11.7. The van der Waals surface area contributed by atoms with E-state index in [0.717, 1.165) is 32.5 Å². The third-order valence-electron chi connectivity index (χ3n) is 3.71. The Kier molecular flexibility index (Phi) is 3.76. The van der Waals surface area contributed by atoms with Gasteiger partial charge in [0.1, 0.15) is 0 Å². The second-order valence-corrected chi connectivity index (χ2v) is 5.40. The lowest BCUT2D eigenvalue weighted by Gasteiger charge is -2.09. The Morgan fingerprint density at radius 3 is 2.24 bits per heavy atom. The molecule has 1 nitrogen and oxygen atoms in total. The molecule has 0 aliphatic rings. The third-order valence-corrected chi connectivity index (χ3v) is 4.04. The van der Waals surface area contributed by atoms with Crippen molar-refractivity contribution in [3.63, 3.8) is 0 Å². The van der Waals surface area contributed by atoms with Crippen LogP contribution in [0, 0.1) is 0 Å². The highest BCUT2D eigenvalue weighted by Crippen LogP contribution is 2.33. The van der Waals surface area contributed by atoms with Gasteiger partial charge in [-0.1, -0.05) is 73.1 Å². The molecule has 0 atom stereocenters. The number of carbonyl (C=O) groups is 1. The summed E-state index contributed by atoms with van der Waals surface area (Å²) in [7, 11) is 0. The van der Waals surface area contributed by atoms with Crippen LogP contribution in [0.3, 0.4) is 0 Å². The molecule has 0 aliphatic heterocycles. The molecule has 0 aromatic heterocycles. The molecular formula is C19H15ClO. The van der Waals surface area contributed by atoms with Crippen LogP contribution in [0.1, 0.15) is 23.7 Å². The summed E-state index contributed by atoms with van der Waals surface area (Å²) in [6, 6.07) is 19.8. The van der Waals surface area contributed by atoms with Crippen LogP contribution in [0.25, 0.3) is 21.9 Å². The second-order valence-electron chi connectivity index (χ2n) is 4.99. The van der Waals surface area contributed by atoms with Crippen molar-refractivity contribution in [2.24, 2.45) is 0 Å². The zero-order chi connectivity index (χ0) is 14.8. The maximum Gasteiger partial charge on any atom is 0.162 e. The van der Waals surface area contributed by atoms with Crippen LogP contribution in [0.2, 0.25) is 5.02 Å². The van der Waals surface area contributed by atoms with Crippen molar-refractivity contribution in [1.29, 1.82) is 0 Å². The number of carbonyl (C=O) groups excluding carboxylic acids is 1. The van der Waals surface area contributed by atoms with E-state index < -0.39 is 0 Å². The lowest BCUT2D eigenvalue weighted by molar-refractivity contribution is 0.0988. The molecule has 0 fully saturated rings. The first-order valence-electron chi connectivity index (χ1n) is 7.01. The van der Waals surface area contributed by atoms with E-state index in [9.17, 15) is 4.79 Å². The van der Waals surface area contributed by atoms with Gasteiger partial charge in [-0.25, -0.2) is 0 Å². The first-order valence-corrected chi connectivity index (χ1v) is 7.39. The van der Waals surface area contributed by atoms with E-state index >= 15 is 0 Å². The summed E-state index contributed by atoms with van der Waals surface area (Å²) < 4.78 is 0. The van der Waals surface area contributed by atoms with Crippen LogP contribution in [-0.4, -0.2) is 5.78 Å². The summed E-state index contributed by atoms with van der Waals surface area (Å²) in [4.78, 5) is 11.7.